The number of para-hydroxylation sites is 2. The number of carbonyl (C=O) groups excluding carboxylic acids is 2. The maximum absolute atomic E-state index is 11.3. The van der Waals surface area contributed by atoms with Crippen LogP contribution in [0.1, 0.15) is 26.5 Å². The van der Waals surface area contributed by atoms with E-state index in [2.05, 4.69) is 9.97 Å². The van der Waals surface area contributed by atoms with Crippen LogP contribution in [0.5, 0.6) is 0 Å². The molecule has 4 rings (SSSR count). The van der Waals surface area contributed by atoms with E-state index >= 15 is 0 Å². The Bertz CT molecular complexity index is 1010. The fourth-order valence-corrected chi connectivity index (χ4v) is 3.81. The molecule has 0 saturated carbocycles. The third-order valence-corrected chi connectivity index (χ3v) is 5.32. The number of hydrogen-bond acceptors (Lipinski definition) is 7. The molecule has 0 saturated heterocycles. The third-order valence-electron chi connectivity index (χ3n) is 3.25. The highest BCUT2D eigenvalue weighted by molar-refractivity contribution is 7.20. The summed E-state index contributed by atoms with van der Waals surface area (Å²) in [5, 5.41) is 0.796. The van der Waals surface area contributed by atoms with Gasteiger partial charge in [-0.2, -0.15) is 0 Å². The summed E-state index contributed by atoms with van der Waals surface area (Å²) in [5.41, 5.74) is 6.76. The fraction of sp³-hybridized carbons (Fsp3) is 0.111. The molecule has 2 aromatic heterocycles. The van der Waals surface area contributed by atoms with Gasteiger partial charge in [-0.25, -0.2) is 14.8 Å². The number of hydrogen-bond donors (Lipinski definition) is 1. The number of fused-ring (bicyclic) bond motifs is 2. The number of thiazole rings is 2. The quantitative estimate of drug-likeness (QED) is 0.540. The molecule has 1 amide bonds. The van der Waals surface area contributed by atoms with Gasteiger partial charge in [-0.15, -0.1) is 22.7 Å². The number of aromatic nitrogens is 2. The van der Waals surface area contributed by atoms with Gasteiger partial charge in [-0.3, -0.25) is 4.79 Å². The minimum Gasteiger partial charge on any atom is -0.461 e. The largest absolute Gasteiger partial charge is 0.461 e. The van der Waals surface area contributed by atoms with Gasteiger partial charge in [0.05, 0.1) is 27.0 Å². The monoisotopic (exact) mass is 385 g/mol. The van der Waals surface area contributed by atoms with E-state index in [1.54, 1.807) is 6.92 Å². The molecule has 6 nitrogen and oxygen atoms in total. The molecular weight excluding hydrogens is 370 g/mol. The molecule has 4 aromatic rings. The number of nitrogens with two attached hydrogens (primary N) is 1. The van der Waals surface area contributed by atoms with E-state index in [4.69, 9.17) is 10.5 Å². The van der Waals surface area contributed by atoms with Crippen LogP contribution < -0.4 is 5.73 Å². The number of carbonyl (C=O) groups is 2. The van der Waals surface area contributed by atoms with Gasteiger partial charge in [0.25, 0.3) is 5.91 Å². The summed E-state index contributed by atoms with van der Waals surface area (Å²) >= 11 is 2.68. The SMILES string of the molecule is CCOC(=O)c1nc2ccccc2s1.NC(=O)c1nc2ccccc2s1. The van der Waals surface area contributed by atoms with Crippen LogP contribution in [0.2, 0.25) is 0 Å². The van der Waals surface area contributed by atoms with Crippen LogP contribution in [-0.2, 0) is 4.74 Å². The van der Waals surface area contributed by atoms with Crippen molar-refractivity contribution in [2.45, 2.75) is 6.92 Å². The van der Waals surface area contributed by atoms with E-state index in [1.165, 1.54) is 22.7 Å². The first-order chi connectivity index (χ1) is 12.6. The highest BCUT2D eigenvalue weighted by atomic mass is 32.1. The van der Waals surface area contributed by atoms with Crippen molar-refractivity contribution in [2.75, 3.05) is 6.61 Å². The second kappa shape index (κ2) is 8.03. The van der Waals surface area contributed by atoms with Gasteiger partial charge in [-0.1, -0.05) is 24.3 Å². The van der Waals surface area contributed by atoms with Crippen LogP contribution >= 0.6 is 22.7 Å². The Balaban J connectivity index is 0.000000152. The standard InChI is InChI=1S/C10H9NO2S.C8H6N2OS/c1-2-13-10(12)9-11-7-5-3-4-6-8(7)14-9;9-7(11)8-10-5-3-1-2-4-6(5)12-8/h3-6H,2H2,1H3;1-4H,(H2,9,11). The Morgan fingerprint density at radius 2 is 1.42 bits per heavy atom. The van der Waals surface area contributed by atoms with Gasteiger partial charge in [0.1, 0.15) is 0 Å². The first-order valence-corrected chi connectivity index (χ1v) is 9.40. The second-order valence-electron chi connectivity index (χ2n) is 5.06. The summed E-state index contributed by atoms with van der Waals surface area (Å²) in [4.78, 5) is 30.3. The lowest BCUT2D eigenvalue weighted by Crippen LogP contribution is -2.09. The zero-order chi connectivity index (χ0) is 18.5. The first-order valence-electron chi connectivity index (χ1n) is 7.76. The maximum atomic E-state index is 11.3. The molecule has 0 aliphatic heterocycles. The Morgan fingerprint density at radius 1 is 0.923 bits per heavy atom. The second-order valence-corrected chi connectivity index (χ2v) is 7.12. The van der Waals surface area contributed by atoms with Crippen LogP contribution in [0.25, 0.3) is 20.4 Å². The molecule has 0 spiro atoms. The molecule has 26 heavy (non-hydrogen) atoms. The fourth-order valence-electron chi connectivity index (χ4n) is 2.13. The summed E-state index contributed by atoms with van der Waals surface area (Å²) in [7, 11) is 0. The maximum Gasteiger partial charge on any atom is 0.367 e. The van der Waals surface area contributed by atoms with Gasteiger partial charge in [0.2, 0.25) is 5.01 Å². The number of benzene rings is 2. The van der Waals surface area contributed by atoms with Crippen molar-refractivity contribution in [3.8, 4) is 0 Å². The van der Waals surface area contributed by atoms with Gasteiger partial charge in [0.15, 0.2) is 5.01 Å². The Labute approximate surface area is 157 Å². The first kappa shape index (κ1) is 18.0. The van der Waals surface area contributed by atoms with Crippen molar-refractivity contribution in [1.82, 2.24) is 9.97 Å². The van der Waals surface area contributed by atoms with E-state index in [0.29, 0.717) is 16.6 Å². The number of amides is 1. The Morgan fingerprint density at radius 3 is 1.92 bits per heavy atom. The summed E-state index contributed by atoms with van der Waals surface area (Å²) in [6, 6.07) is 15.2. The van der Waals surface area contributed by atoms with E-state index in [0.717, 1.165) is 20.4 Å². The van der Waals surface area contributed by atoms with Crippen LogP contribution in [0.15, 0.2) is 48.5 Å². The zero-order valence-corrected chi connectivity index (χ0v) is 15.5. The lowest BCUT2D eigenvalue weighted by atomic mass is 10.3. The van der Waals surface area contributed by atoms with Crippen molar-refractivity contribution in [1.29, 1.82) is 0 Å². The summed E-state index contributed by atoms with van der Waals surface area (Å²) in [6.07, 6.45) is 0. The predicted molar refractivity (Wildman–Crippen MR) is 104 cm³/mol. The van der Waals surface area contributed by atoms with Crippen LogP contribution in [0.3, 0.4) is 0 Å². The average molecular weight is 385 g/mol. The lowest BCUT2D eigenvalue weighted by Gasteiger charge is -1.94. The molecule has 0 radical (unpaired) electrons. The van der Waals surface area contributed by atoms with Crippen molar-refractivity contribution in [3.63, 3.8) is 0 Å². The van der Waals surface area contributed by atoms with Gasteiger partial charge < -0.3 is 10.5 Å². The lowest BCUT2D eigenvalue weighted by molar-refractivity contribution is 0.0526. The van der Waals surface area contributed by atoms with Crippen molar-refractivity contribution >= 4 is 55.0 Å². The van der Waals surface area contributed by atoms with Crippen molar-refractivity contribution in [3.05, 3.63) is 58.5 Å². The van der Waals surface area contributed by atoms with Crippen LogP contribution in [0, 0.1) is 0 Å². The minimum absolute atomic E-state index is 0.339. The molecule has 0 aliphatic rings. The Kier molecular flexibility index (Phi) is 5.55. The molecule has 0 fully saturated rings. The number of ether oxygens (including phenoxy) is 1. The highest BCUT2D eigenvalue weighted by Gasteiger charge is 2.12. The minimum atomic E-state index is -0.462. The summed E-state index contributed by atoms with van der Waals surface area (Å²) in [6.45, 7) is 2.17. The third kappa shape index (κ3) is 4.04. The van der Waals surface area contributed by atoms with Crippen molar-refractivity contribution < 1.29 is 14.3 Å². The molecule has 2 N–H and O–H groups in total. The van der Waals surface area contributed by atoms with Gasteiger partial charge in [-0.05, 0) is 31.2 Å². The molecule has 0 bridgehead atoms. The van der Waals surface area contributed by atoms with Gasteiger partial charge >= 0.3 is 5.97 Å². The molecule has 2 aromatic carbocycles. The number of nitrogens with zero attached hydrogens (tertiary/aromatic N) is 2. The molecule has 0 aliphatic carbocycles. The normalized spacial score (nSPS) is 10.3. The van der Waals surface area contributed by atoms with E-state index in [9.17, 15) is 9.59 Å². The molecular formula is C18H15N3O3S2. The number of primary amides is 1. The zero-order valence-electron chi connectivity index (χ0n) is 13.8. The summed E-state index contributed by atoms with van der Waals surface area (Å²) in [5.74, 6) is -0.801. The topological polar surface area (TPSA) is 95.2 Å². The Hall–Kier alpha value is -2.84. The smallest absolute Gasteiger partial charge is 0.367 e. The molecule has 2 heterocycles. The average Bonchev–Trinajstić information content (AvgIpc) is 3.26. The molecule has 132 valence electrons. The van der Waals surface area contributed by atoms with Crippen molar-refractivity contribution in [2.24, 2.45) is 5.73 Å². The van der Waals surface area contributed by atoms with E-state index < -0.39 is 5.91 Å². The van der Waals surface area contributed by atoms with Crippen LogP contribution in [-0.4, -0.2) is 28.5 Å². The molecule has 8 heteroatoms. The van der Waals surface area contributed by atoms with Crippen LogP contribution in [0.4, 0.5) is 0 Å². The highest BCUT2D eigenvalue weighted by Crippen LogP contribution is 2.22. The van der Waals surface area contributed by atoms with E-state index in [-0.39, 0.29) is 5.97 Å². The molecule has 0 unspecified atom stereocenters. The number of rotatable bonds is 3. The van der Waals surface area contributed by atoms with Gasteiger partial charge in [0, 0.05) is 0 Å². The molecule has 0 atom stereocenters. The summed E-state index contributed by atoms with van der Waals surface area (Å²) < 4.78 is 6.87. The number of esters is 1. The van der Waals surface area contributed by atoms with E-state index in [1.807, 2.05) is 48.5 Å². The predicted octanol–water partition coefficient (Wildman–Crippen LogP) is 3.87.